The number of carboxylic acids is 1. The topological polar surface area (TPSA) is 108 Å². The lowest BCUT2D eigenvalue weighted by Gasteiger charge is -2.20. The van der Waals surface area contributed by atoms with Gasteiger partial charge >= 0.3 is 5.97 Å². The molecule has 0 radical (unpaired) electrons. The quantitative estimate of drug-likeness (QED) is 0.772. The lowest BCUT2D eigenvalue weighted by Crippen LogP contribution is -2.40. The zero-order valence-electron chi connectivity index (χ0n) is 9.60. The number of halogens is 1. The molecular formula is C10H11FN2O5S. The Hall–Kier alpha value is -1.58. The highest BCUT2D eigenvalue weighted by molar-refractivity contribution is 7.89. The molecule has 1 aliphatic heterocycles. The van der Waals surface area contributed by atoms with E-state index in [1.54, 1.807) is 0 Å². The molecule has 1 aromatic heterocycles. The summed E-state index contributed by atoms with van der Waals surface area (Å²) in [7, 11) is -4.20. The first-order valence-corrected chi connectivity index (χ1v) is 6.79. The molecule has 2 atom stereocenters. The van der Waals surface area contributed by atoms with Gasteiger partial charge in [-0.25, -0.2) is 12.8 Å². The molecule has 0 aliphatic carbocycles. The molecule has 1 saturated heterocycles. The Balaban J connectivity index is 2.41. The molecule has 0 spiro atoms. The summed E-state index contributed by atoms with van der Waals surface area (Å²) in [6.07, 6.45) is 0.517. The number of rotatable bonds is 3. The van der Waals surface area contributed by atoms with E-state index in [1.807, 2.05) is 0 Å². The predicted molar refractivity (Wildman–Crippen MR) is 60.1 cm³/mol. The van der Waals surface area contributed by atoms with Gasteiger partial charge in [0, 0.05) is 19.2 Å². The zero-order chi connectivity index (χ0) is 14.2. The third-order valence-corrected chi connectivity index (χ3v) is 4.65. The Labute approximate surface area is 108 Å². The van der Waals surface area contributed by atoms with Crippen LogP contribution < -0.4 is 0 Å². The van der Waals surface area contributed by atoms with Crippen LogP contribution in [0.1, 0.15) is 6.42 Å². The SMILES string of the molecule is O=C(O)[C@@H]1C[C@@H](O)CN1S(=O)(=O)c1cncc(F)c1. The summed E-state index contributed by atoms with van der Waals surface area (Å²) in [6, 6.07) is -0.602. The number of hydrogen-bond acceptors (Lipinski definition) is 5. The summed E-state index contributed by atoms with van der Waals surface area (Å²) >= 11 is 0. The molecular weight excluding hydrogens is 279 g/mol. The number of carboxylic acid groups (broad SMARTS) is 1. The van der Waals surface area contributed by atoms with E-state index in [-0.39, 0.29) is 13.0 Å². The maximum absolute atomic E-state index is 13.0. The largest absolute Gasteiger partial charge is 0.480 e. The Morgan fingerprint density at radius 1 is 1.47 bits per heavy atom. The van der Waals surface area contributed by atoms with Crippen LogP contribution in [-0.2, 0) is 14.8 Å². The average molecular weight is 290 g/mol. The number of aliphatic hydroxyl groups excluding tert-OH is 1. The van der Waals surface area contributed by atoms with Crippen molar-refractivity contribution in [2.24, 2.45) is 0 Å². The normalized spacial score (nSPS) is 24.5. The average Bonchev–Trinajstić information content (AvgIpc) is 2.72. The van der Waals surface area contributed by atoms with E-state index in [1.165, 1.54) is 0 Å². The van der Waals surface area contributed by atoms with Crippen molar-refractivity contribution in [2.45, 2.75) is 23.5 Å². The fraction of sp³-hybridized carbons (Fsp3) is 0.400. The maximum Gasteiger partial charge on any atom is 0.322 e. The number of β-amino-alcohol motifs (C(OH)–C–C–N with tert-alkyl or cyclic N) is 1. The van der Waals surface area contributed by atoms with Crippen LogP contribution in [0.25, 0.3) is 0 Å². The van der Waals surface area contributed by atoms with E-state index >= 15 is 0 Å². The number of pyridine rings is 1. The van der Waals surface area contributed by atoms with Crippen molar-refractivity contribution in [3.63, 3.8) is 0 Å². The van der Waals surface area contributed by atoms with Crippen molar-refractivity contribution in [3.8, 4) is 0 Å². The van der Waals surface area contributed by atoms with E-state index in [2.05, 4.69) is 4.98 Å². The highest BCUT2D eigenvalue weighted by atomic mass is 32.2. The van der Waals surface area contributed by atoms with Crippen LogP contribution in [0.15, 0.2) is 23.4 Å². The van der Waals surface area contributed by atoms with Crippen molar-refractivity contribution < 1.29 is 27.8 Å². The number of carbonyl (C=O) groups is 1. The lowest BCUT2D eigenvalue weighted by molar-refractivity contribution is -0.140. The highest BCUT2D eigenvalue weighted by Crippen LogP contribution is 2.26. The first-order chi connectivity index (χ1) is 8.82. The first kappa shape index (κ1) is 13.8. The molecule has 0 amide bonds. The van der Waals surface area contributed by atoms with Crippen LogP contribution in [0.2, 0.25) is 0 Å². The molecule has 1 aromatic rings. The fourth-order valence-corrected chi connectivity index (χ4v) is 3.55. The van der Waals surface area contributed by atoms with Crippen LogP contribution in [-0.4, -0.2) is 52.6 Å². The zero-order valence-corrected chi connectivity index (χ0v) is 10.4. The summed E-state index contributed by atoms with van der Waals surface area (Å²) in [6.45, 7) is -0.337. The van der Waals surface area contributed by atoms with Crippen molar-refractivity contribution in [3.05, 3.63) is 24.3 Å². The summed E-state index contributed by atoms with van der Waals surface area (Å²) in [5.74, 6) is -2.20. The molecule has 2 rings (SSSR count). The van der Waals surface area contributed by atoms with Crippen LogP contribution in [0.3, 0.4) is 0 Å². The molecule has 7 nitrogen and oxygen atoms in total. The van der Waals surface area contributed by atoms with Crippen molar-refractivity contribution in [1.82, 2.24) is 9.29 Å². The third-order valence-electron chi connectivity index (χ3n) is 2.81. The Kier molecular flexibility index (Phi) is 3.52. The Morgan fingerprint density at radius 2 is 2.16 bits per heavy atom. The van der Waals surface area contributed by atoms with Gasteiger partial charge in [0.15, 0.2) is 0 Å². The molecule has 104 valence electrons. The monoisotopic (exact) mass is 290 g/mol. The van der Waals surface area contributed by atoms with Gasteiger partial charge in [-0.1, -0.05) is 0 Å². The fourth-order valence-electron chi connectivity index (χ4n) is 1.94. The number of aliphatic carboxylic acids is 1. The van der Waals surface area contributed by atoms with Gasteiger partial charge in [-0.05, 0) is 6.07 Å². The molecule has 19 heavy (non-hydrogen) atoms. The lowest BCUT2D eigenvalue weighted by atomic mass is 10.2. The first-order valence-electron chi connectivity index (χ1n) is 5.35. The molecule has 0 bridgehead atoms. The number of aliphatic hydroxyl groups is 1. The molecule has 0 saturated carbocycles. The highest BCUT2D eigenvalue weighted by Gasteiger charge is 2.43. The third kappa shape index (κ3) is 2.57. The minimum atomic E-state index is -4.20. The molecule has 1 fully saturated rings. The Morgan fingerprint density at radius 3 is 2.74 bits per heavy atom. The smallest absolute Gasteiger partial charge is 0.322 e. The van der Waals surface area contributed by atoms with E-state index < -0.39 is 38.9 Å². The van der Waals surface area contributed by atoms with Crippen molar-refractivity contribution >= 4 is 16.0 Å². The Bertz CT molecular complexity index is 606. The second kappa shape index (κ2) is 4.83. The number of hydrogen-bond donors (Lipinski definition) is 2. The van der Waals surface area contributed by atoms with Gasteiger partial charge < -0.3 is 10.2 Å². The molecule has 2 N–H and O–H groups in total. The van der Waals surface area contributed by atoms with Gasteiger partial charge in [0.25, 0.3) is 0 Å². The van der Waals surface area contributed by atoms with Crippen molar-refractivity contribution in [1.29, 1.82) is 0 Å². The molecule has 9 heteroatoms. The number of aromatic nitrogens is 1. The minimum absolute atomic E-state index is 0.197. The van der Waals surface area contributed by atoms with E-state index in [0.29, 0.717) is 4.31 Å². The van der Waals surface area contributed by atoms with Crippen LogP contribution in [0, 0.1) is 5.82 Å². The van der Waals surface area contributed by atoms with Crippen LogP contribution >= 0.6 is 0 Å². The van der Waals surface area contributed by atoms with Crippen molar-refractivity contribution in [2.75, 3.05) is 6.54 Å². The van der Waals surface area contributed by atoms with E-state index in [4.69, 9.17) is 5.11 Å². The molecule has 0 aromatic carbocycles. The standard InChI is InChI=1S/C10H11FN2O5S/c11-6-1-8(4-12-3-6)19(17,18)13-5-7(14)2-9(13)10(15)16/h1,3-4,7,9,14H,2,5H2,(H,15,16)/t7-,9+/m1/s1. The summed E-state index contributed by atoms with van der Waals surface area (Å²) in [5.41, 5.74) is 0. The molecule has 1 aliphatic rings. The second-order valence-electron chi connectivity index (χ2n) is 4.16. The second-order valence-corrected chi connectivity index (χ2v) is 6.05. The van der Waals surface area contributed by atoms with Gasteiger partial charge in [-0.2, -0.15) is 4.31 Å². The number of nitrogens with zero attached hydrogens (tertiary/aromatic N) is 2. The van der Waals surface area contributed by atoms with E-state index in [9.17, 15) is 22.7 Å². The van der Waals surface area contributed by atoms with Gasteiger partial charge in [-0.3, -0.25) is 9.78 Å². The van der Waals surface area contributed by atoms with Gasteiger partial charge in [0.1, 0.15) is 16.8 Å². The maximum atomic E-state index is 13.0. The predicted octanol–water partition coefficient (Wildman–Crippen LogP) is -0.571. The van der Waals surface area contributed by atoms with Gasteiger partial charge in [0.05, 0.1) is 12.3 Å². The van der Waals surface area contributed by atoms with Gasteiger partial charge in [0.2, 0.25) is 10.0 Å². The van der Waals surface area contributed by atoms with E-state index in [0.717, 1.165) is 18.5 Å². The minimum Gasteiger partial charge on any atom is -0.480 e. The summed E-state index contributed by atoms with van der Waals surface area (Å²) < 4.78 is 38.0. The van der Waals surface area contributed by atoms with Crippen LogP contribution in [0.4, 0.5) is 4.39 Å². The summed E-state index contributed by atoms with van der Waals surface area (Å²) in [5, 5.41) is 18.4. The van der Waals surface area contributed by atoms with Crippen LogP contribution in [0.5, 0.6) is 0 Å². The molecule has 2 heterocycles. The summed E-state index contributed by atoms with van der Waals surface area (Å²) in [4.78, 5) is 14.0. The molecule has 0 unspecified atom stereocenters. The number of sulfonamides is 1. The van der Waals surface area contributed by atoms with Gasteiger partial charge in [-0.15, -0.1) is 0 Å².